The lowest BCUT2D eigenvalue weighted by atomic mass is 10.0. The number of anilines is 1. The van der Waals surface area contributed by atoms with Crippen molar-refractivity contribution in [1.29, 1.82) is 5.26 Å². The Hall–Kier alpha value is -2.70. The third kappa shape index (κ3) is 5.81. The third-order valence-corrected chi connectivity index (χ3v) is 8.22. The molecule has 33 heavy (non-hydrogen) atoms. The minimum absolute atomic E-state index is 0. The highest BCUT2D eigenvalue weighted by Crippen LogP contribution is 2.37. The monoisotopic (exact) mass is 501 g/mol. The number of hydrogen-bond acceptors (Lipinski definition) is 6. The lowest BCUT2D eigenvalue weighted by Crippen LogP contribution is -2.29. The van der Waals surface area contributed by atoms with Gasteiger partial charge in [0, 0.05) is 24.5 Å². The molecule has 0 fully saturated rings. The van der Waals surface area contributed by atoms with Crippen LogP contribution in [0.5, 0.6) is 0 Å². The predicted octanol–water partition coefficient (Wildman–Crippen LogP) is 4.32. The van der Waals surface area contributed by atoms with Crippen molar-refractivity contribution in [3.05, 3.63) is 81.7 Å². The first-order chi connectivity index (χ1) is 15.4. The lowest BCUT2D eigenvalue weighted by Gasteiger charge is -2.26. The number of nitrogens with zero attached hydrogens (tertiary/aromatic N) is 2. The molecule has 1 amide bonds. The number of nitriles is 1. The van der Waals surface area contributed by atoms with Crippen molar-refractivity contribution in [1.82, 2.24) is 4.90 Å². The van der Waals surface area contributed by atoms with Gasteiger partial charge in [0.05, 0.1) is 10.5 Å². The maximum absolute atomic E-state index is 12.6. The van der Waals surface area contributed by atoms with Gasteiger partial charge in [-0.15, -0.1) is 23.7 Å². The summed E-state index contributed by atoms with van der Waals surface area (Å²) in [7, 11) is -3.76. The Labute approximate surface area is 204 Å². The van der Waals surface area contributed by atoms with Gasteiger partial charge in [0.25, 0.3) is 0 Å². The molecular weight excluding hydrogens is 478 g/mol. The van der Waals surface area contributed by atoms with Crippen LogP contribution < -0.4 is 5.32 Å². The summed E-state index contributed by atoms with van der Waals surface area (Å²) in [6, 6.07) is 18.8. The second kappa shape index (κ2) is 10.5. The average Bonchev–Trinajstić information content (AvgIpc) is 3.10. The van der Waals surface area contributed by atoms with Crippen LogP contribution in [0.2, 0.25) is 0 Å². The SMILES string of the molecule is Cc1ccc(S(=O)(=O)CC(=O)Nc2sc3c(c2C#N)CCN(Cc2ccccc2)C3)cc1.Cl. The van der Waals surface area contributed by atoms with E-state index < -0.39 is 21.5 Å². The van der Waals surface area contributed by atoms with Crippen LogP contribution in [0.1, 0.15) is 27.1 Å². The van der Waals surface area contributed by atoms with E-state index in [9.17, 15) is 18.5 Å². The number of fused-ring (bicyclic) bond motifs is 1. The molecule has 6 nitrogen and oxygen atoms in total. The van der Waals surface area contributed by atoms with E-state index in [4.69, 9.17) is 0 Å². The van der Waals surface area contributed by atoms with E-state index in [1.807, 2.05) is 25.1 Å². The first-order valence-electron chi connectivity index (χ1n) is 10.3. The largest absolute Gasteiger partial charge is 0.316 e. The van der Waals surface area contributed by atoms with Gasteiger partial charge < -0.3 is 5.32 Å². The number of amides is 1. The predicted molar refractivity (Wildman–Crippen MR) is 132 cm³/mol. The Balaban J connectivity index is 0.00000306. The second-order valence-electron chi connectivity index (χ2n) is 7.89. The Morgan fingerprint density at radius 1 is 1.15 bits per heavy atom. The van der Waals surface area contributed by atoms with Gasteiger partial charge in [-0.1, -0.05) is 48.0 Å². The van der Waals surface area contributed by atoms with E-state index in [2.05, 4.69) is 28.4 Å². The lowest BCUT2D eigenvalue weighted by molar-refractivity contribution is -0.113. The number of sulfone groups is 1. The smallest absolute Gasteiger partial charge is 0.240 e. The van der Waals surface area contributed by atoms with Gasteiger partial charge in [0.15, 0.2) is 9.84 Å². The number of rotatable bonds is 6. The van der Waals surface area contributed by atoms with Gasteiger partial charge in [0.2, 0.25) is 5.91 Å². The van der Waals surface area contributed by atoms with Crippen molar-refractivity contribution in [2.24, 2.45) is 0 Å². The van der Waals surface area contributed by atoms with E-state index in [0.29, 0.717) is 17.1 Å². The van der Waals surface area contributed by atoms with Crippen molar-refractivity contribution in [3.8, 4) is 6.07 Å². The highest BCUT2D eigenvalue weighted by molar-refractivity contribution is 7.92. The van der Waals surface area contributed by atoms with Crippen LogP contribution in [0.15, 0.2) is 59.5 Å². The molecule has 3 aromatic rings. The number of carbonyl (C=O) groups excluding carboxylic acids is 1. The van der Waals surface area contributed by atoms with Crippen molar-refractivity contribution in [2.75, 3.05) is 17.6 Å². The molecule has 1 N–H and O–H groups in total. The van der Waals surface area contributed by atoms with Crippen molar-refractivity contribution >= 4 is 44.5 Å². The Morgan fingerprint density at radius 2 is 1.85 bits per heavy atom. The average molecular weight is 502 g/mol. The van der Waals surface area contributed by atoms with Crippen LogP contribution in [-0.2, 0) is 34.1 Å². The molecule has 0 saturated carbocycles. The van der Waals surface area contributed by atoms with Crippen LogP contribution in [0.25, 0.3) is 0 Å². The van der Waals surface area contributed by atoms with Gasteiger partial charge in [-0.05, 0) is 36.6 Å². The molecule has 0 saturated heterocycles. The maximum atomic E-state index is 12.6. The van der Waals surface area contributed by atoms with E-state index in [0.717, 1.165) is 35.5 Å². The molecule has 0 radical (unpaired) electrons. The second-order valence-corrected chi connectivity index (χ2v) is 11.0. The quantitative estimate of drug-likeness (QED) is 0.543. The fraction of sp³-hybridized carbons (Fsp3) is 0.250. The number of thiophene rings is 1. The highest BCUT2D eigenvalue weighted by Gasteiger charge is 2.26. The normalized spacial score (nSPS) is 13.5. The zero-order valence-electron chi connectivity index (χ0n) is 18.1. The molecule has 172 valence electrons. The molecule has 2 aromatic carbocycles. The molecular formula is C24H24ClN3O3S2. The first kappa shape index (κ1) is 24.9. The fourth-order valence-corrected chi connectivity index (χ4v) is 6.19. The molecule has 4 rings (SSSR count). The van der Waals surface area contributed by atoms with Gasteiger partial charge in [-0.2, -0.15) is 5.26 Å². The molecule has 0 atom stereocenters. The number of halogens is 1. The molecule has 2 heterocycles. The highest BCUT2D eigenvalue weighted by atomic mass is 35.5. The number of nitrogens with one attached hydrogen (secondary N) is 1. The van der Waals surface area contributed by atoms with Crippen molar-refractivity contribution < 1.29 is 13.2 Å². The zero-order chi connectivity index (χ0) is 22.7. The molecule has 9 heteroatoms. The van der Waals surface area contributed by atoms with Gasteiger partial charge in [-0.3, -0.25) is 9.69 Å². The van der Waals surface area contributed by atoms with Crippen LogP contribution >= 0.6 is 23.7 Å². The molecule has 1 aliphatic heterocycles. The Bertz CT molecular complexity index is 1280. The summed E-state index contributed by atoms with van der Waals surface area (Å²) in [6.07, 6.45) is 0.721. The minimum Gasteiger partial charge on any atom is -0.316 e. The third-order valence-electron chi connectivity index (χ3n) is 5.45. The first-order valence-corrected chi connectivity index (χ1v) is 12.7. The number of hydrogen-bond donors (Lipinski definition) is 1. The zero-order valence-corrected chi connectivity index (χ0v) is 20.5. The van der Waals surface area contributed by atoms with Crippen LogP contribution in [-0.4, -0.2) is 31.5 Å². The number of carbonyl (C=O) groups is 1. The summed E-state index contributed by atoms with van der Waals surface area (Å²) in [5.74, 6) is -1.30. The molecule has 0 bridgehead atoms. The van der Waals surface area contributed by atoms with Gasteiger partial charge in [-0.25, -0.2) is 8.42 Å². The topological polar surface area (TPSA) is 90.3 Å². The summed E-state index contributed by atoms with van der Waals surface area (Å²) in [4.78, 5) is 16.0. The summed E-state index contributed by atoms with van der Waals surface area (Å²) in [5, 5.41) is 12.8. The summed E-state index contributed by atoms with van der Waals surface area (Å²) in [6.45, 7) is 4.20. The van der Waals surface area contributed by atoms with E-state index >= 15 is 0 Å². The summed E-state index contributed by atoms with van der Waals surface area (Å²) in [5.41, 5.74) is 3.57. The maximum Gasteiger partial charge on any atom is 0.240 e. The molecule has 0 spiro atoms. The minimum atomic E-state index is -3.76. The number of aryl methyl sites for hydroxylation is 1. The van der Waals surface area contributed by atoms with Crippen LogP contribution in [0.3, 0.4) is 0 Å². The van der Waals surface area contributed by atoms with Crippen molar-refractivity contribution in [2.45, 2.75) is 31.3 Å². The van der Waals surface area contributed by atoms with Crippen LogP contribution in [0.4, 0.5) is 5.00 Å². The van der Waals surface area contributed by atoms with Crippen LogP contribution in [0, 0.1) is 18.3 Å². The summed E-state index contributed by atoms with van der Waals surface area (Å²) < 4.78 is 25.2. The van der Waals surface area contributed by atoms with E-state index in [1.54, 1.807) is 12.1 Å². The van der Waals surface area contributed by atoms with E-state index in [1.165, 1.54) is 29.0 Å². The van der Waals surface area contributed by atoms with Gasteiger partial charge in [0.1, 0.15) is 16.8 Å². The summed E-state index contributed by atoms with van der Waals surface area (Å²) >= 11 is 1.36. The standard InChI is InChI=1S/C24H23N3O3S2.ClH/c1-17-7-9-19(10-8-17)32(29,30)16-23(28)26-24-21(13-25)20-11-12-27(15-22(20)31-24)14-18-5-3-2-4-6-18;/h2-10H,11-12,14-16H2,1H3,(H,26,28);1H. The Kier molecular flexibility index (Phi) is 7.92. The number of benzene rings is 2. The van der Waals surface area contributed by atoms with E-state index in [-0.39, 0.29) is 17.3 Å². The van der Waals surface area contributed by atoms with Crippen molar-refractivity contribution in [3.63, 3.8) is 0 Å². The molecule has 0 aliphatic carbocycles. The fourth-order valence-electron chi connectivity index (χ4n) is 3.80. The molecule has 1 aromatic heterocycles. The van der Waals surface area contributed by atoms with Gasteiger partial charge >= 0.3 is 0 Å². The Morgan fingerprint density at radius 3 is 2.52 bits per heavy atom. The molecule has 1 aliphatic rings. The molecule has 0 unspecified atom stereocenters.